The lowest BCUT2D eigenvalue weighted by Gasteiger charge is -2.14. The van der Waals surface area contributed by atoms with Crippen LogP contribution in [0.2, 0.25) is 0 Å². The number of pyridine rings is 1. The number of hydrogen-bond donors (Lipinski definition) is 2. The summed E-state index contributed by atoms with van der Waals surface area (Å²) in [6.07, 6.45) is 0.666. The van der Waals surface area contributed by atoms with Gasteiger partial charge in [0.1, 0.15) is 6.61 Å². The molecule has 3 aromatic rings. The Bertz CT molecular complexity index is 1240. The fourth-order valence-corrected chi connectivity index (χ4v) is 3.59. The molecule has 0 atom stereocenters. The van der Waals surface area contributed by atoms with Crippen LogP contribution in [0.1, 0.15) is 22.6 Å². The third-order valence-corrected chi connectivity index (χ3v) is 4.98. The van der Waals surface area contributed by atoms with Gasteiger partial charge in [0.05, 0.1) is 11.5 Å². The molecule has 1 aliphatic rings. The number of nitrogens with one attached hydrogen (secondary N) is 2. The van der Waals surface area contributed by atoms with E-state index in [-0.39, 0.29) is 24.6 Å². The van der Waals surface area contributed by atoms with Crippen molar-refractivity contribution in [3.05, 3.63) is 98.0 Å². The molecule has 4 rings (SSSR count). The van der Waals surface area contributed by atoms with Crippen molar-refractivity contribution in [1.82, 2.24) is 10.3 Å². The molecule has 0 radical (unpaired) electrons. The standard InChI is InChI=1S/C23H17N3O5/c27-22-21(26(29)30)12-15(13-25-22)6-5-11-24-23(28)31-14-20-18-9-3-1-7-16(18)17-8-2-4-10-19(17)20/h1-4,7-10,12-13,20H,11,14H2,(H,24,28)(H,25,27). The van der Waals surface area contributed by atoms with E-state index in [1.54, 1.807) is 0 Å². The molecule has 1 heterocycles. The van der Waals surface area contributed by atoms with E-state index in [0.717, 1.165) is 28.3 Å². The van der Waals surface area contributed by atoms with E-state index in [9.17, 15) is 19.7 Å². The number of hydrogen-bond acceptors (Lipinski definition) is 5. The summed E-state index contributed by atoms with van der Waals surface area (Å²) in [5.74, 6) is 5.29. The summed E-state index contributed by atoms with van der Waals surface area (Å²) in [6, 6.07) is 17.2. The summed E-state index contributed by atoms with van der Waals surface area (Å²) in [4.78, 5) is 35.7. The van der Waals surface area contributed by atoms with Gasteiger partial charge in [0, 0.05) is 23.7 Å². The normalized spacial score (nSPS) is 11.6. The van der Waals surface area contributed by atoms with Gasteiger partial charge in [-0.25, -0.2) is 4.79 Å². The molecule has 154 valence electrons. The van der Waals surface area contributed by atoms with E-state index >= 15 is 0 Å². The van der Waals surface area contributed by atoms with Gasteiger partial charge >= 0.3 is 17.3 Å². The number of fused-ring (bicyclic) bond motifs is 3. The number of H-pyrrole nitrogens is 1. The van der Waals surface area contributed by atoms with Crippen molar-refractivity contribution in [2.75, 3.05) is 13.2 Å². The lowest BCUT2D eigenvalue weighted by Crippen LogP contribution is -2.26. The van der Waals surface area contributed by atoms with Crippen LogP contribution in [0.25, 0.3) is 11.1 Å². The number of ether oxygens (including phenoxy) is 1. The molecule has 0 saturated carbocycles. The zero-order valence-corrected chi connectivity index (χ0v) is 16.3. The second-order valence-electron chi connectivity index (χ2n) is 6.84. The minimum atomic E-state index is -0.799. The molecule has 2 aromatic carbocycles. The molecule has 0 unspecified atom stereocenters. The van der Waals surface area contributed by atoms with Crippen LogP contribution in [-0.2, 0) is 4.74 Å². The highest BCUT2D eigenvalue weighted by molar-refractivity contribution is 5.79. The third kappa shape index (κ3) is 4.16. The second kappa shape index (κ2) is 8.55. The summed E-state index contributed by atoms with van der Waals surface area (Å²) < 4.78 is 5.40. The van der Waals surface area contributed by atoms with Crippen LogP contribution in [0.15, 0.2) is 65.6 Å². The number of aromatic nitrogens is 1. The quantitative estimate of drug-likeness (QED) is 0.386. The molecular weight excluding hydrogens is 398 g/mol. The predicted octanol–water partition coefficient (Wildman–Crippen LogP) is 3.17. The Hall–Kier alpha value is -4.38. The Morgan fingerprint density at radius 2 is 1.77 bits per heavy atom. The number of nitrogens with zero attached hydrogens (tertiary/aromatic N) is 1. The molecule has 0 bridgehead atoms. The number of alkyl carbamates (subject to hydrolysis) is 1. The van der Waals surface area contributed by atoms with E-state index in [1.807, 2.05) is 36.4 Å². The largest absolute Gasteiger partial charge is 0.449 e. The average molecular weight is 415 g/mol. The van der Waals surface area contributed by atoms with Gasteiger partial charge < -0.3 is 15.0 Å². The molecule has 0 fully saturated rings. The fraction of sp³-hybridized carbons (Fsp3) is 0.130. The second-order valence-corrected chi connectivity index (χ2v) is 6.84. The van der Waals surface area contributed by atoms with E-state index in [0.29, 0.717) is 0 Å². The Kier molecular flexibility index (Phi) is 5.49. The van der Waals surface area contributed by atoms with Crippen molar-refractivity contribution in [3.63, 3.8) is 0 Å². The summed E-state index contributed by atoms with van der Waals surface area (Å²) in [5.41, 5.74) is 3.41. The zero-order valence-electron chi connectivity index (χ0n) is 16.3. The summed E-state index contributed by atoms with van der Waals surface area (Å²) >= 11 is 0. The summed E-state index contributed by atoms with van der Waals surface area (Å²) in [6.45, 7) is 0.184. The molecule has 0 spiro atoms. The summed E-state index contributed by atoms with van der Waals surface area (Å²) in [5, 5.41) is 13.3. The van der Waals surface area contributed by atoms with Crippen LogP contribution in [0.4, 0.5) is 10.5 Å². The Balaban J connectivity index is 1.35. The van der Waals surface area contributed by atoms with E-state index in [1.165, 1.54) is 6.20 Å². The van der Waals surface area contributed by atoms with Crippen molar-refractivity contribution in [1.29, 1.82) is 0 Å². The van der Waals surface area contributed by atoms with Crippen LogP contribution >= 0.6 is 0 Å². The van der Waals surface area contributed by atoms with Gasteiger partial charge in [-0.3, -0.25) is 14.9 Å². The Labute approximate surface area is 177 Å². The van der Waals surface area contributed by atoms with Crippen molar-refractivity contribution >= 4 is 11.8 Å². The van der Waals surface area contributed by atoms with Crippen molar-refractivity contribution < 1.29 is 14.5 Å². The maximum Gasteiger partial charge on any atom is 0.407 e. The van der Waals surface area contributed by atoms with Gasteiger partial charge in [-0.15, -0.1) is 0 Å². The minimum Gasteiger partial charge on any atom is -0.449 e. The van der Waals surface area contributed by atoms with E-state index < -0.39 is 22.3 Å². The van der Waals surface area contributed by atoms with E-state index in [2.05, 4.69) is 34.3 Å². The number of carbonyl (C=O) groups is 1. The number of nitro groups is 1. The molecule has 1 amide bonds. The monoisotopic (exact) mass is 415 g/mol. The van der Waals surface area contributed by atoms with Crippen molar-refractivity contribution in [2.45, 2.75) is 5.92 Å². The average Bonchev–Trinajstić information content (AvgIpc) is 3.10. The molecule has 2 N–H and O–H groups in total. The maximum atomic E-state index is 12.1. The number of benzene rings is 2. The smallest absolute Gasteiger partial charge is 0.407 e. The third-order valence-electron chi connectivity index (χ3n) is 4.98. The molecule has 0 saturated heterocycles. The molecule has 31 heavy (non-hydrogen) atoms. The summed E-state index contributed by atoms with van der Waals surface area (Å²) in [7, 11) is 0. The van der Waals surface area contributed by atoms with Gasteiger partial charge in [-0.2, -0.15) is 0 Å². The molecule has 8 heteroatoms. The minimum absolute atomic E-state index is 0.0103. The highest BCUT2D eigenvalue weighted by Crippen LogP contribution is 2.44. The van der Waals surface area contributed by atoms with Crippen LogP contribution in [0.5, 0.6) is 0 Å². The zero-order chi connectivity index (χ0) is 21.8. The number of aromatic amines is 1. The van der Waals surface area contributed by atoms with Gasteiger partial charge in [0.25, 0.3) is 0 Å². The van der Waals surface area contributed by atoms with Crippen LogP contribution in [0.3, 0.4) is 0 Å². The SMILES string of the molecule is O=C(NCC#Cc1c[nH]c(=O)c([N+](=O)[O-])c1)OCC1c2ccccc2-c2ccccc21. The highest BCUT2D eigenvalue weighted by Gasteiger charge is 2.28. The van der Waals surface area contributed by atoms with Gasteiger partial charge in [0.2, 0.25) is 0 Å². The first-order chi connectivity index (χ1) is 15.0. The van der Waals surface area contributed by atoms with E-state index in [4.69, 9.17) is 4.74 Å². The lowest BCUT2D eigenvalue weighted by molar-refractivity contribution is -0.386. The molecule has 1 aromatic heterocycles. The van der Waals surface area contributed by atoms with Crippen molar-refractivity contribution in [3.8, 4) is 23.0 Å². The molecule has 0 aliphatic heterocycles. The van der Waals surface area contributed by atoms with Crippen LogP contribution < -0.4 is 10.9 Å². The Morgan fingerprint density at radius 3 is 2.42 bits per heavy atom. The number of rotatable bonds is 4. The highest BCUT2D eigenvalue weighted by atomic mass is 16.6. The molecule has 8 nitrogen and oxygen atoms in total. The van der Waals surface area contributed by atoms with Crippen LogP contribution in [-0.4, -0.2) is 29.2 Å². The maximum absolute atomic E-state index is 12.1. The number of amides is 1. The fourth-order valence-electron chi connectivity index (χ4n) is 3.59. The predicted molar refractivity (Wildman–Crippen MR) is 114 cm³/mol. The molecular formula is C23H17N3O5. The first-order valence-electron chi connectivity index (χ1n) is 9.49. The van der Waals surface area contributed by atoms with Crippen molar-refractivity contribution in [2.24, 2.45) is 0 Å². The van der Waals surface area contributed by atoms with Gasteiger partial charge in [-0.1, -0.05) is 60.4 Å². The topological polar surface area (TPSA) is 114 Å². The Morgan fingerprint density at radius 1 is 1.13 bits per heavy atom. The van der Waals surface area contributed by atoms with Crippen LogP contribution in [0, 0.1) is 22.0 Å². The lowest BCUT2D eigenvalue weighted by atomic mass is 9.98. The van der Waals surface area contributed by atoms with Gasteiger partial charge in [0.15, 0.2) is 0 Å². The first-order valence-corrected chi connectivity index (χ1v) is 9.49. The van der Waals surface area contributed by atoms with Gasteiger partial charge in [-0.05, 0) is 22.3 Å². The number of carbonyl (C=O) groups excluding carboxylic acids is 1. The molecule has 1 aliphatic carbocycles. The first kappa shape index (κ1) is 19.9.